The van der Waals surface area contributed by atoms with Crippen LogP contribution in [0.2, 0.25) is 0 Å². The molecular formula is C18H16N4O. The van der Waals surface area contributed by atoms with Crippen molar-refractivity contribution in [1.29, 1.82) is 5.26 Å². The van der Waals surface area contributed by atoms with Crippen LogP contribution in [-0.2, 0) is 6.42 Å². The first kappa shape index (κ1) is 14.8. The van der Waals surface area contributed by atoms with Gasteiger partial charge < -0.3 is 5.32 Å². The molecule has 2 heterocycles. The number of hydrogen-bond donors (Lipinski definition) is 1. The molecule has 0 aliphatic heterocycles. The quantitative estimate of drug-likeness (QED) is 0.807. The smallest absolute Gasteiger partial charge is 0.274 e. The number of pyridine rings is 1. The first-order chi connectivity index (χ1) is 11.1. The molecule has 3 aromatic rings. The first-order valence-electron chi connectivity index (χ1n) is 7.41. The van der Waals surface area contributed by atoms with E-state index in [0.29, 0.717) is 23.4 Å². The van der Waals surface area contributed by atoms with E-state index in [1.807, 2.05) is 32.2 Å². The number of carbonyl (C=O) groups excluding carboxylic acids is 1. The molecule has 1 N–H and O–H groups in total. The van der Waals surface area contributed by atoms with E-state index in [1.165, 1.54) is 0 Å². The summed E-state index contributed by atoms with van der Waals surface area (Å²) in [6.07, 6.45) is 2.53. The summed E-state index contributed by atoms with van der Waals surface area (Å²) in [7, 11) is 0. The predicted molar refractivity (Wildman–Crippen MR) is 88.4 cm³/mol. The molecule has 3 rings (SSSR count). The summed E-state index contributed by atoms with van der Waals surface area (Å²) in [6, 6.07) is 12.8. The van der Waals surface area contributed by atoms with E-state index in [9.17, 15) is 4.79 Å². The van der Waals surface area contributed by atoms with Crippen LogP contribution in [0.25, 0.3) is 5.65 Å². The largest absolute Gasteiger partial charge is 0.321 e. The topological polar surface area (TPSA) is 70.2 Å². The van der Waals surface area contributed by atoms with Gasteiger partial charge in [-0.25, -0.2) is 4.98 Å². The average molecular weight is 304 g/mol. The fourth-order valence-corrected chi connectivity index (χ4v) is 2.54. The van der Waals surface area contributed by atoms with E-state index >= 15 is 0 Å². The number of fused-ring (bicyclic) bond motifs is 1. The molecule has 23 heavy (non-hydrogen) atoms. The molecule has 0 saturated carbocycles. The maximum Gasteiger partial charge on any atom is 0.274 e. The summed E-state index contributed by atoms with van der Waals surface area (Å²) in [5.74, 6) is -0.228. The molecule has 5 nitrogen and oxygen atoms in total. The molecule has 114 valence electrons. The van der Waals surface area contributed by atoms with Crippen LogP contribution in [0.3, 0.4) is 0 Å². The Morgan fingerprint density at radius 3 is 2.91 bits per heavy atom. The Bertz CT molecular complexity index is 934. The van der Waals surface area contributed by atoms with Crippen LogP contribution >= 0.6 is 0 Å². The van der Waals surface area contributed by atoms with Crippen LogP contribution < -0.4 is 5.32 Å². The molecule has 0 aliphatic carbocycles. The van der Waals surface area contributed by atoms with Crippen molar-refractivity contribution in [3.63, 3.8) is 0 Å². The summed E-state index contributed by atoms with van der Waals surface area (Å²) >= 11 is 0. The Labute approximate surface area is 134 Å². The summed E-state index contributed by atoms with van der Waals surface area (Å²) in [5.41, 5.74) is 4.25. The normalized spacial score (nSPS) is 10.5. The Kier molecular flexibility index (Phi) is 3.82. The van der Waals surface area contributed by atoms with Crippen molar-refractivity contribution in [1.82, 2.24) is 9.38 Å². The van der Waals surface area contributed by atoms with Gasteiger partial charge in [-0.15, -0.1) is 0 Å². The monoisotopic (exact) mass is 304 g/mol. The fourth-order valence-electron chi connectivity index (χ4n) is 2.54. The summed E-state index contributed by atoms with van der Waals surface area (Å²) in [6.45, 7) is 3.97. The second kappa shape index (κ2) is 5.93. The van der Waals surface area contributed by atoms with Crippen molar-refractivity contribution < 1.29 is 4.79 Å². The number of benzene rings is 1. The minimum Gasteiger partial charge on any atom is -0.321 e. The van der Waals surface area contributed by atoms with Gasteiger partial charge in [0.15, 0.2) is 0 Å². The number of amides is 1. The van der Waals surface area contributed by atoms with E-state index in [-0.39, 0.29) is 5.91 Å². The molecule has 0 spiro atoms. The highest BCUT2D eigenvalue weighted by atomic mass is 16.2. The Morgan fingerprint density at radius 1 is 1.35 bits per heavy atom. The third-order valence-corrected chi connectivity index (χ3v) is 3.65. The number of nitrogens with zero attached hydrogens (tertiary/aromatic N) is 3. The van der Waals surface area contributed by atoms with Gasteiger partial charge in [0.1, 0.15) is 11.3 Å². The second-order valence-corrected chi connectivity index (χ2v) is 5.34. The van der Waals surface area contributed by atoms with Gasteiger partial charge in [0.05, 0.1) is 17.3 Å². The highest BCUT2D eigenvalue weighted by Crippen LogP contribution is 2.17. The second-order valence-electron chi connectivity index (χ2n) is 5.34. The van der Waals surface area contributed by atoms with E-state index in [1.54, 1.807) is 28.7 Å². The number of aromatic nitrogens is 2. The minimum absolute atomic E-state index is 0.228. The highest BCUT2D eigenvalue weighted by Gasteiger charge is 2.18. The van der Waals surface area contributed by atoms with E-state index in [0.717, 1.165) is 16.9 Å². The number of imidazole rings is 1. The number of nitriles is 1. The maximum atomic E-state index is 12.7. The highest BCUT2D eigenvalue weighted by molar-refractivity contribution is 6.04. The van der Waals surface area contributed by atoms with E-state index < -0.39 is 0 Å². The van der Waals surface area contributed by atoms with Crippen molar-refractivity contribution in [2.75, 3.05) is 5.32 Å². The number of carbonyl (C=O) groups is 1. The third-order valence-electron chi connectivity index (χ3n) is 3.65. The molecule has 0 radical (unpaired) electrons. The number of aryl methyl sites for hydroxylation is 2. The zero-order valence-corrected chi connectivity index (χ0v) is 13.0. The molecule has 0 bridgehead atoms. The fraction of sp³-hybridized carbons (Fsp3) is 0.167. The molecule has 1 aromatic carbocycles. The van der Waals surface area contributed by atoms with Gasteiger partial charge in [-0.3, -0.25) is 9.20 Å². The zero-order chi connectivity index (χ0) is 16.4. The van der Waals surface area contributed by atoms with Crippen molar-refractivity contribution in [2.45, 2.75) is 20.3 Å². The van der Waals surface area contributed by atoms with Crippen LogP contribution in [0.5, 0.6) is 0 Å². The maximum absolute atomic E-state index is 12.7. The van der Waals surface area contributed by atoms with Crippen molar-refractivity contribution in [3.05, 3.63) is 65.1 Å². The van der Waals surface area contributed by atoms with Crippen molar-refractivity contribution >= 4 is 17.2 Å². The van der Waals surface area contributed by atoms with Gasteiger partial charge in [-0.1, -0.05) is 13.0 Å². The Balaban J connectivity index is 2.01. The molecule has 5 heteroatoms. The predicted octanol–water partition coefficient (Wildman–Crippen LogP) is 3.33. The van der Waals surface area contributed by atoms with Crippen LogP contribution in [0.1, 0.15) is 34.2 Å². The lowest BCUT2D eigenvalue weighted by Crippen LogP contribution is -2.16. The van der Waals surface area contributed by atoms with Crippen molar-refractivity contribution in [2.24, 2.45) is 0 Å². The lowest BCUT2D eigenvalue weighted by Gasteiger charge is -2.07. The average Bonchev–Trinajstić information content (AvgIpc) is 2.92. The molecule has 0 unspecified atom stereocenters. The van der Waals surface area contributed by atoms with Crippen LogP contribution in [0.4, 0.5) is 5.69 Å². The lowest BCUT2D eigenvalue weighted by atomic mass is 10.2. The standard InChI is InChI=1S/C18H16N4O/c1-3-15-17(22-8-7-12(2)9-16(22)21-15)18(23)20-14-6-4-5-13(10-14)11-19/h4-10H,3H2,1-2H3,(H,20,23). The van der Waals surface area contributed by atoms with Crippen molar-refractivity contribution in [3.8, 4) is 6.07 Å². The van der Waals surface area contributed by atoms with Gasteiger partial charge in [-0.05, 0) is 49.2 Å². The number of hydrogen-bond acceptors (Lipinski definition) is 3. The Morgan fingerprint density at radius 2 is 2.17 bits per heavy atom. The number of anilines is 1. The molecule has 2 aromatic heterocycles. The van der Waals surface area contributed by atoms with Gasteiger partial charge in [0, 0.05) is 11.9 Å². The van der Waals surface area contributed by atoms with E-state index in [4.69, 9.17) is 5.26 Å². The van der Waals surface area contributed by atoms with E-state index in [2.05, 4.69) is 16.4 Å². The first-order valence-corrected chi connectivity index (χ1v) is 7.41. The lowest BCUT2D eigenvalue weighted by molar-refractivity contribution is 0.102. The summed E-state index contributed by atoms with van der Waals surface area (Å²) in [5, 5.41) is 11.8. The van der Waals surface area contributed by atoms with Crippen LogP contribution in [0.15, 0.2) is 42.6 Å². The SMILES string of the molecule is CCc1nc2cc(C)ccn2c1C(=O)Nc1cccc(C#N)c1. The Hall–Kier alpha value is -3.13. The number of nitrogens with one attached hydrogen (secondary N) is 1. The summed E-state index contributed by atoms with van der Waals surface area (Å²) < 4.78 is 1.80. The molecule has 0 saturated heterocycles. The number of rotatable bonds is 3. The molecule has 0 atom stereocenters. The minimum atomic E-state index is -0.228. The van der Waals surface area contributed by atoms with Crippen LogP contribution in [-0.4, -0.2) is 15.3 Å². The van der Waals surface area contributed by atoms with Crippen LogP contribution in [0, 0.1) is 18.3 Å². The van der Waals surface area contributed by atoms with Gasteiger partial charge in [0.2, 0.25) is 0 Å². The van der Waals surface area contributed by atoms with Gasteiger partial charge in [-0.2, -0.15) is 5.26 Å². The molecular weight excluding hydrogens is 288 g/mol. The third kappa shape index (κ3) is 2.79. The van der Waals surface area contributed by atoms with Gasteiger partial charge >= 0.3 is 0 Å². The molecule has 1 amide bonds. The summed E-state index contributed by atoms with van der Waals surface area (Å²) in [4.78, 5) is 17.2. The van der Waals surface area contributed by atoms with Gasteiger partial charge in [0.25, 0.3) is 5.91 Å². The zero-order valence-electron chi connectivity index (χ0n) is 13.0. The molecule has 0 aliphatic rings. The molecule has 0 fully saturated rings.